The van der Waals surface area contributed by atoms with Crippen LogP contribution >= 0.6 is 0 Å². The third-order valence-electron chi connectivity index (χ3n) is 3.36. The maximum atomic E-state index is 12.5. The molecule has 1 aromatic carbocycles. The lowest BCUT2D eigenvalue weighted by Gasteiger charge is -2.12. The van der Waals surface area contributed by atoms with Crippen LogP contribution in [0.25, 0.3) is 0 Å². The average molecular weight is 243 g/mol. The van der Waals surface area contributed by atoms with Crippen LogP contribution in [0.5, 0.6) is 0 Å². The van der Waals surface area contributed by atoms with E-state index in [-0.39, 0.29) is 6.04 Å². The van der Waals surface area contributed by atoms with Gasteiger partial charge in [-0.15, -0.1) is 0 Å². The molecule has 0 heterocycles. The molecule has 1 nitrogen and oxygen atoms in total. The van der Waals surface area contributed by atoms with Crippen molar-refractivity contribution in [1.29, 1.82) is 0 Å². The molecule has 4 heteroatoms. The first-order valence-corrected chi connectivity index (χ1v) is 5.87. The summed E-state index contributed by atoms with van der Waals surface area (Å²) >= 11 is 0. The van der Waals surface area contributed by atoms with Crippen molar-refractivity contribution in [2.24, 2.45) is 11.7 Å². The number of alkyl halides is 3. The molecular weight excluding hydrogens is 227 g/mol. The van der Waals surface area contributed by atoms with Crippen molar-refractivity contribution in [2.75, 3.05) is 0 Å². The lowest BCUT2D eigenvalue weighted by Crippen LogP contribution is -2.15. The SMILES string of the molecule is NC1CCC(Cc2cccc(C(F)(F)F)c2)C1. The molecule has 0 aliphatic heterocycles. The fourth-order valence-corrected chi connectivity index (χ4v) is 2.51. The highest BCUT2D eigenvalue weighted by Crippen LogP contribution is 2.32. The lowest BCUT2D eigenvalue weighted by atomic mass is 9.96. The van der Waals surface area contributed by atoms with Gasteiger partial charge in [0, 0.05) is 6.04 Å². The molecule has 2 rings (SSSR count). The van der Waals surface area contributed by atoms with Gasteiger partial charge in [0.15, 0.2) is 0 Å². The second-order valence-electron chi connectivity index (χ2n) is 4.84. The largest absolute Gasteiger partial charge is 0.416 e. The van der Waals surface area contributed by atoms with Gasteiger partial charge in [-0.25, -0.2) is 0 Å². The fourth-order valence-electron chi connectivity index (χ4n) is 2.51. The van der Waals surface area contributed by atoms with Crippen LogP contribution < -0.4 is 5.73 Å². The number of hydrogen-bond acceptors (Lipinski definition) is 1. The third-order valence-corrected chi connectivity index (χ3v) is 3.36. The topological polar surface area (TPSA) is 26.0 Å². The Hall–Kier alpha value is -1.03. The lowest BCUT2D eigenvalue weighted by molar-refractivity contribution is -0.137. The highest BCUT2D eigenvalue weighted by Gasteiger charge is 2.30. The summed E-state index contributed by atoms with van der Waals surface area (Å²) in [5.41, 5.74) is 6.00. The molecule has 0 radical (unpaired) electrons. The van der Waals surface area contributed by atoms with Crippen LogP contribution in [0.4, 0.5) is 13.2 Å². The van der Waals surface area contributed by atoms with E-state index in [0.717, 1.165) is 30.9 Å². The van der Waals surface area contributed by atoms with E-state index in [1.54, 1.807) is 6.07 Å². The van der Waals surface area contributed by atoms with Crippen molar-refractivity contribution >= 4 is 0 Å². The summed E-state index contributed by atoms with van der Waals surface area (Å²) in [7, 11) is 0. The minimum atomic E-state index is -4.25. The van der Waals surface area contributed by atoms with Crippen LogP contribution in [-0.2, 0) is 12.6 Å². The minimum Gasteiger partial charge on any atom is -0.328 e. The van der Waals surface area contributed by atoms with Crippen molar-refractivity contribution in [3.63, 3.8) is 0 Å². The van der Waals surface area contributed by atoms with E-state index in [1.807, 2.05) is 0 Å². The number of hydrogen-bond donors (Lipinski definition) is 1. The van der Waals surface area contributed by atoms with Crippen molar-refractivity contribution < 1.29 is 13.2 Å². The van der Waals surface area contributed by atoms with E-state index in [9.17, 15) is 13.2 Å². The molecule has 17 heavy (non-hydrogen) atoms. The highest BCUT2D eigenvalue weighted by molar-refractivity contribution is 5.26. The van der Waals surface area contributed by atoms with Crippen LogP contribution in [0.2, 0.25) is 0 Å². The van der Waals surface area contributed by atoms with E-state index in [1.165, 1.54) is 12.1 Å². The Balaban J connectivity index is 2.06. The first kappa shape index (κ1) is 12.4. The monoisotopic (exact) mass is 243 g/mol. The molecule has 0 saturated heterocycles. The second-order valence-corrected chi connectivity index (χ2v) is 4.84. The smallest absolute Gasteiger partial charge is 0.328 e. The van der Waals surface area contributed by atoms with Gasteiger partial charge in [-0.1, -0.05) is 18.2 Å². The average Bonchev–Trinajstić information content (AvgIpc) is 2.63. The first-order chi connectivity index (χ1) is 7.95. The van der Waals surface area contributed by atoms with Gasteiger partial charge in [0.05, 0.1) is 5.56 Å². The molecule has 1 aromatic rings. The summed E-state index contributed by atoms with van der Waals surface area (Å²) in [4.78, 5) is 0. The number of nitrogens with two attached hydrogens (primary N) is 1. The minimum absolute atomic E-state index is 0.228. The summed E-state index contributed by atoms with van der Waals surface area (Å²) in [6.07, 6.45) is -0.600. The Morgan fingerprint density at radius 3 is 2.59 bits per heavy atom. The molecule has 0 aromatic heterocycles. The zero-order valence-corrected chi connectivity index (χ0v) is 9.50. The van der Waals surface area contributed by atoms with E-state index < -0.39 is 11.7 Å². The molecule has 1 fully saturated rings. The number of halogens is 3. The zero-order chi connectivity index (χ0) is 12.5. The predicted molar refractivity (Wildman–Crippen MR) is 60.5 cm³/mol. The maximum Gasteiger partial charge on any atom is 0.416 e. The Morgan fingerprint density at radius 1 is 1.24 bits per heavy atom. The van der Waals surface area contributed by atoms with Gasteiger partial charge in [-0.3, -0.25) is 0 Å². The molecule has 0 bridgehead atoms. The third kappa shape index (κ3) is 3.22. The van der Waals surface area contributed by atoms with E-state index in [4.69, 9.17) is 5.73 Å². The molecule has 1 saturated carbocycles. The standard InChI is InChI=1S/C13H16F3N/c14-13(15,16)11-3-1-2-9(7-11)6-10-4-5-12(17)8-10/h1-3,7,10,12H,4-6,8,17H2. The second kappa shape index (κ2) is 4.69. The Labute approximate surface area is 98.8 Å². The molecule has 0 amide bonds. The predicted octanol–water partition coefficient (Wildman–Crippen LogP) is 3.38. The molecule has 2 atom stereocenters. The van der Waals surface area contributed by atoms with Gasteiger partial charge >= 0.3 is 6.18 Å². The Morgan fingerprint density at radius 2 is 2.00 bits per heavy atom. The Kier molecular flexibility index (Phi) is 3.43. The van der Waals surface area contributed by atoms with E-state index >= 15 is 0 Å². The van der Waals surface area contributed by atoms with Crippen molar-refractivity contribution in [1.82, 2.24) is 0 Å². The van der Waals surface area contributed by atoms with E-state index in [0.29, 0.717) is 12.3 Å². The molecule has 2 N–H and O–H groups in total. The quantitative estimate of drug-likeness (QED) is 0.846. The van der Waals surface area contributed by atoms with Crippen molar-refractivity contribution in [3.8, 4) is 0 Å². The van der Waals surface area contributed by atoms with Gasteiger partial charge in [-0.2, -0.15) is 13.2 Å². The van der Waals surface area contributed by atoms with Gasteiger partial charge in [-0.05, 0) is 43.2 Å². The van der Waals surface area contributed by atoms with E-state index in [2.05, 4.69) is 0 Å². The summed E-state index contributed by atoms with van der Waals surface area (Å²) in [5, 5.41) is 0. The van der Waals surface area contributed by atoms with Gasteiger partial charge in [0.1, 0.15) is 0 Å². The molecular formula is C13H16F3N. The normalized spacial score (nSPS) is 25.2. The highest BCUT2D eigenvalue weighted by atomic mass is 19.4. The van der Waals surface area contributed by atoms with Crippen LogP contribution in [0.15, 0.2) is 24.3 Å². The van der Waals surface area contributed by atoms with Crippen LogP contribution in [-0.4, -0.2) is 6.04 Å². The fraction of sp³-hybridized carbons (Fsp3) is 0.538. The summed E-state index contributed by atoms with van der Waals surface area (Å²) < 4.78 is 37.6. The molecule has 1 aliphatic rings. The molecule has 0 spiro atoms. The van der Waals surface area contributed by atoms with Gasteiger partial charge < -0.3 is 5.73 Å². The molecule has 1 aliphatic carbocycles. The number of benzene rings is 1. The summed E-state index contributed by atoms with van der Waals surface area (Å²) in [5.74, 6) is 0.438. The van der Waals surface area contributed by atoms with Crippen LogP contribution in [0, 0.1) is 5.92 Å². The summed E-state index contributed by atoms with van der Waals surface area (Å²) in [6.45, 7) is 0. The molecule has 94 valence electrons. The number of rotatable bonds is 2. The van der Waals surface area contributed by atoms with Crippen molar-refractivity contribution in [3.05, 3.63) is 35.4 Å². The maximum absolute atomic E-state index is 12.5. The van der Waals surface area contributed by atoms with Crippen LogP contribution in [0.1, 0.15) is 30.4 Å². The Bertz CT molecular complexity index is 386. The van der Waals surface area contributed by atoms with Gasteiger partial charge in [0.25, 0.3) is 0 Å². The molecule has 2 unspecified atom stereocenters. The van der Waals surface area contributed by atoms with Crippen LogP contribution in [0.3, 0.4) is 0 Å². The zero-order valence-electron chi connectivity index (χ0n) is 9.50. The van der Waals surface area contributed by atoms with Crippen molar-refractivity contribution in [2.45, 2.75) is 37.9 Å². The van der Waals surface area contributed by atoms with Gasteiger partial charge in [0.2, 0.25) is 0 Å². The first-order valence-electron chi connectivity index (χ1n) is 5.87. The summed E-state index contributed by atoms with van der Waals surface area (Å²) in [6, 6.07) is 5.84.